The molecule has 0 spiro atoms. The van der Waals surface area contributed by atoms with Crippen LogP contribution in [0.3, 0.4) is 0 Å². The molecule has 2 rings (SSSR count). The van der Waals surface area contributed by atoms with Crippen molar-refractivity contribution in [1.82, 2.24) is 15.6 Å². The number of hydrogen-bond acceptors (Lipinski definition) is 3. The minimum absolute atomic E-state index is 0.370. The van der Waals surface area contributed by atoms with Gasteiger partial charge in [-0.05, 0) is 51.3 Å². The molecule has 0 amide bonds. The van der Waals surface area contributed by atoms with Crippen LogP contribution in [-0.2, 0) is 0 Å². The molecule has 106 valence electrons. The fourth-order valence-corrected chi connectivity index (χ4v) is 2.95. The summed E-state index contributed by atoms with van der Waals surface area (Å²) in [4.78, 5) is 4.19. The highest BCUT2D eigenvalue weighted by molar-refractivity contribution is 5.12. The van der Waals surface area contributed by atoms with Crippen molar-refractivity contribution < 1.29 is 0 Å². The lowest BCUT2D eigenvalue weighted by Gasteiger charge is -2.24. The highest BCUT2D eigenvalue weighted by Gasteiger charge is 2.16. The maximum Gasteiger partial charge on any atom is 0.0315 e. The van der Waals surface area contributed by atoms with E-state index in [-0.39, 0.29) is 0 Å². The Balaban J connectivity index is 1.78. The third-order valence-corrected chi connectivity index (χ3v) is 4.02. The molecule has 3 heteroatoms. The summed E-state index contributed by atoms with van der Waals surface area (Å²) in [5.74, 6) is 0. The van der Waals surface area contributed by atoms with Gasteiger partial charge in [0.05, 0.1) is 0 Å². The molecule has 1 aliphatic heterocycles. The predicted octanol–water partition coefficient (Wildman–Crippen LogP) is 3.04. The van der Waals surface area contributed by atoms with E-state index in [0.717, 1.165) is 0 Å². The molecule has 1 fully saturated rings. The van der Waals surface area contributed by atoms with Crippen LogP contribution >= 0.6 is 0 Å². The first kappa shape index (κ1) is 14.5. The summed E-state index contributed by atoms with van der Waals surface area (Å²) < 4.78 is 0. The zero-order chi connectivity index (χ0) is 13.5. The first-order chi connectivity index (χ1) is 9.25. The van der Waals surface area contributed by atoms with Gasteiger partial charge in [0, 0.05) is 30.5 Å². The molecule has 0 aromatic carbocycles. The van der Waals surface area contributed by atoms with Crippen LogP contribution in [0.4, 0.5) is 0 Å². The molecule has 0 aliphatic carbocycles. The van der Waals surface area contributed by atoms with Crippen molar-refractivity contribution >= 4 is 0 Å². The molecule has 3 atom stereocenters. The van der Waals surface area contributed by atoms with E-state index in [1.165, 1.54) is 44.2 Å². The maximum absolute atomic E-state index is 4.19. The normalized spacial score (nSPS) is 23.6. The first-order valence-corrected chi connectivity index (χ1v) is 7.65. The minimum atomic E-state index is 0.370. The van der Waals surface area contributed by atoms with Crippen LogP contribution < -0.4 is 10.6 Å². The Kier molecular flexibility index (Phi) is 5.80. The molecule has 1 aromatic rings. The van der Waals surface area contributed by atoms with Crippen molar-refractivity contribution in [2.45, 2.75) is 64.1 Å². The number of pyridine rings is 1. The SMILES string of the molecule is CC(CC1CCCCCN1)N[C@H](C)c1cccnc1. The van der Waals surface area contributed by atoms with Crippen LogP contribution in [0.25, 0.3) is 0 Å². The Morgan fingerprint density at radius 2 is 2.26 bits per heavy atom. The van der Waals surface area contributed by atoms with Crippen LogP contribution in [0.2, 0.25) is 0 Å². The second kappa shape index (κ2) is 7.61. The molecular formula is C16H27N3. The Labute approximate surface area is 117 Å². The van der Waals surface area contributed by atoms with Gasteiger partial charge in [-0.15, -0.1) is 0 Å². The van der Waals surface area contributed by atoms with E-state index in [9.17, 15) is 0 Å². The highest BCUT2D eigenvalue weighted by atomic mass is 15.0. The summed E-state index contributed by atoms with van der Waals surface area (Å²) in [5.41, 5.74) is 1.27. The number of aromatic nitrogens is 1. The Morgan fingerprint density at radius 1 is 1.37 bits per heavy atom. The number of rotatable bonds is 5. The quantitative estimate of drug-likeness (QED) is 0.855. The molecule has 1 aliphatic rings. The zero-order valence-corrected chi connectivity index (χ0v) is 12.2. The van der Waals surface area contributed by atoms with Crippen molar-refractivity contribution in [2.75, 3.05) is 6.54 Å². The highest BCUT2D eigenvalue weighted by Crippen LogP contribution is 2.15. The second-order valence-corrected chi connectivity index (χ2v) is 5.81. The van der Waals surface area contributed by atoms with Crippen LogP contribution in [0.1, 0.15) is 57.6 Å². The summed E-state index contributed by atoms with van der Waals surface area (Å²) in [7, 11) is 0. The minimum Gasteiger partial charge on any atom is -0.314 e. The van der Waals surface area contributed by atoms with Crippen LogP contribution in [0.15, 0.2) is 24.5 Å². The topological polar surface area (TPSA) is 37.0 Å². The van der Waals surface area contributed by atoms with Gasteiger partial charge in [-0.3, -0.25) is 4.98 Å². The van der Waals surface area contributed by atoms with Crippen molar-refractivity contribution in [3.63, 3.8) is 0 Å². The molecule has 2 heterocycles. The van der Waals surface area contributed by atoms with Crippen molar-refractivity contribution in [3.8, 4) is 0 Å². The summed E-state index contributed by atoms with van der Waals surface area (Å²) in [6.07, 6.45) is 10.4. The predicted molar refractivity (Wildman–Crippen MR) is 80.1 cm³/mol. The average Bonchev–Trinajstić information content (AvgIpc) is 2.68. The van der Waals surface area contributed by atoms with Gasteiger partial charge in [0.25, 0.3) is 0 Å². The van der Waals surface area contributed by atoms with Gasteiger partial charge in [0.15, 0.2) is 0 Å². The first-order valence-electron chi connectivity index (χ1n) is 7.65. The fourth-order valence-electron chi connectivity index (χ4n) is 2.95. The third kappa shape index (κ3) is 4.92. The molecule has 0 radical (unpaired) electrons. The van der Waals surface area contributed by atoms with Gasteiger partial charge in [-0.25, -0.2) is 0 Å². The number of hydrogen-bond donors (Lipinski definition) is 2. The monoisotopic (exact) mass is 261 g/mol. The molecule has 1 aromatic heterocycles. The van der Waals surface area contributed by atoms with Crippen molar-refractivity contribution in [2.24, 2.45) is 0 Å². The van der Waals surface area contributed by atoms with Gasteiger partial charge >= 0.3 is 0 Å². The van der Waals surface area contributed by atoms with E-state index in [1.807, 2.05) is 18.5 Å². The van der Waals surface area contributed by atoms with E-state index < -0.39 is 0 Å². The second-order valence-electron chi connectivity index (χ2n) is 5.81. The summed E-state index contributed by atoms with van der Waals surface area (Å²) in [6.45, 7) is 5.70. The van der Waals surface area contributed by atoms with Crippen LogP contribution in [-0.4, -0.2) is 23.6 Å². The third-order valence-electron chi connectivity index (χ3n) is 4.02. The maximum atomic E-state index is 4.19. The van der Waals surface area contributed by atoms with E-state index in [1.54, 1.807) is 0 Å². The summed E-state index contributed by atoms with van der Waals surface area (Å²) in [5, 5.41) is 7.36. The number of nitrogens with zero attached hydrogens (tertiary/aromatic N) is 1. The van der Waals surface area contributed by atoms with Gasteiger partial charge in [0.1, 0.15) is 0 Å². The largest absolute Gasteiger partial charge is 0.314 e. The summed E-state index contributed by atoms with van der Waals surface area (Å²) >= 11 is 0. The van der Waals surface area contributed by atoms with Crippen molar-refractivity contribution in [1.29, 1.82) is 0 Å². The smallest absolute Gasteiger partial charge is 0.0315 e. The van der Waals surface area contributed by atoms with E-state index in [4.69, 9.17) is 0 Å². The summed E-state index contributed by atoms with van der Waals surface area (Å²) in [6, 6.07) is 5.73. The van der Waals surface area contributed by atoms with Crippen molar-refractivity contribution in [3.05, 3.63) is 30.1 Å². The lowest BCUT2D eigenvalue weighted by Crippen LogP contribution is -2.37. The lowest BCUT2D eigenvalue weighted by atomic mass is 10.0. The lowest BCUT2D eigenvalue weighted by molar-refractivity contribution is 0.380. The Hall–Kier alpha value is -0.930. The molecule has 19 heavy (non-hydrogen) atoms. The molecule has 3 nitrogen and oxygen atoms in total. The molecule has 0 saturated carbocycles. The van der Waals surface area contributed by atoms with Crippen LogP contribution in [0.5, 0.6) is 0 Å². The number of nitrogens with one attached hydrogen (secondary N) is 2. The molecule has 1 saturated heterocycles. The Bertz CT molecular complexity index is 344. The van der Waals surface area contributed by atoms with E-state index in [0.29, 0.717) is 18.1 Å². The molecule has 0 bridgehead atoms. The van der Waals surface area contributed by atoms with Crippen LogP contribution in [0, 0.1) is 0 Å². The van der Waals surface area contributed by atoms with Gasteiger partial charge in [-0.1, -0.05) is 18.9 Å². The average molecular weight is 261 g/mol. The van der Waals surface area contributed by atoms with E-state index >= 15 is 0 Å². The van der Waals surface area contributed by atoms with E-state index in [2.05, 4.69) is 35.5 Å². The standard InChI is InChI=1S/C16H27N3/c1-13(11-16-8-4-3-5-10-18-16)19-14(2)15-7-6-9-17-12-15/h6-7,9,12-14,16,18-19H,3-5,8,10-11H2,1-2H3/t13?,14-,16?/m1/s1. The van der Waals surface area contributed by atoms with Gasteiger partial charge in [-0.2, -0.15) is 0 Å². The Morgan fingerprint density at radius 3 is 3.05 bits per heavy atom. The fraction of sp³-hybridized carbons (Fsp3) is 0.688. The molecule has 2 N–H and O–H groups in total. The van der Waals surface area contributed by atoms with Gasteiger partial charge in [0.2, 0.25) is 0 Å². The van der Waals surface area contributed by atoms with Gasteiger partial charge < -0.3 is 10.6 Å². The molecular weight excluding hydrogens is 234 g/mol. The molecule has 2 unspecified atom stereocenters. The zero-order valence-electron chi connectivity index (χ0n) is 12.2.